The van der Waals surface area contributed by atoms with Crippen LogP contribution < -0.4 is 11.2 Å². The Labute approximate surface area is 178 Å². The van der Waals surface area contributed by atoms with E-state index in [2.05, 4.69) is 26.0 Å². The molecule has 0 spiro atoms. The van der Waals surface area contributed by atoms with Crippen molar-refractivity contribution in [3.63, 3.8) is 0 Å². The Hall–Kier alpha value is -2.73. The molecule has 0 aliphatic heterocycles. The van der Waals surface area contributed by atoms with Gasteiger partial charge in [-0.3, -0.25) is 13.9 Å². The summed E-state index contributed by atoms with van der Waals surface area (Å²) in [6, 6.07) is 12.7. The van der Waals surface area contributed by atoms with Crippen LogP contribution in [0.25, 0.3) is 21.0 Å². The van der Waals surface area contributed by atoms with Gasteiger partial charge in [0.15, 0.2) is 0 Å². The van der Waals surface area contributed by atoms with Gasteiger partial charge in [0, 0.05) is 5.39 Å². The van der Waals surface area contributed by atoms with Crippen molar-refractivity contribution in [1.29, 1.82) is 0 Å². The molecule has 5 rings (SSSR count). The van der Waals surface area contributed by atoms with Crippen LogP contribution in [0.2, 0.25) is 0 Å². The topological polar surface area (TPSA) is 56.9 Å². The molecule has 0 bridgehead atoms. The van der Waals surface area contributed by atoms with Crippen molar-refractivity contribution < 1.29 is 0 Å². The first-order valence-electron chi connectivity index (χ1n) is 10.5. The highest BCUT2D eigenvalue weighted by atomic mass is 32.1. The van der Waals surface area contributed by atoms with Gasteiger partial charge in [-0.1, -0.05) is 37.5 Å². The molecule has 0 unspecified atom stereocenters. The van der Waals surface area contributed by atoms with Gasteiger partial charge in [-0.05, 0) is 67.5 Å². The van der Waals surface area contributed by atoms with Crippen LogP contribution in [0.4, 0.5) is 0 Å². The molecular formula is C24H24N3O2S. The number of hydrogen-bond donors (Lipinski definition) is 0. The molecule has 0 N–H and O–H groups in total. The first kappa shape index (κ1) is 19.2. The minimum atomic E-state index is -0.249. The molecule has 0 atom stereocenters. The largest absolute Gasteiger partial charge is 0.332 e. The fourth-order valence-electron chi connectivity index (χ4n) is 4.71. The lowest BCUT2D eigenvalue weighted by Crippen LogP contribution is -2.43. The molecule has 2 heterocycles. The van der Waals surface area contributed by atoms with Crippen molar-refractivity contribution in [2.24, 2.45) is 0 Å². The number of fused-ring (bicyclic) bond motifs is 2. The molecule has 1 saturated carbocycles. The number of rotatable bonds is 3. The molecule has 1 aliphatic rings. The van der Waals surface area contributed by atoms with Gasteiger partial charge in [0.1, 0.15) is 0 Å². The molecule has 1 aliphatic carbocycles. The molecule has 2 aromatic heterocycles. The van der Waals surface area contributed by atoms with E-state index in [1.807, 2.05) is 24.3 Å². The molecule has 2 aromatic carbocycles. The van der Waals surface area contributed by atoms with Crippen molar-refractivity contribution >= 4 is 32.5 Å². The standard InChI is InChI=1S/C24H24N3O2S/c1-15-12-16(2)22-19(25-30-21(22)13-15)14-26-20-11-7-6-10-18(20)23(28)27(24(26)29)17-8-4-3-5-9-17/h6-7,10-13H,3-5,8-9,14H2,1-2H3. The van der Waals surface area contributed by atoms with Crippen molar-refractivity contribution in [1.82, 2.24) is 13.5 Å². The van der Waals surface area contributed by atoms with E-state index in [9.17, 15) is 9.59 Å². The van der Waals surface area contributed by atoms with Gasteiger partial charge >= 0.3 is 5.69 Å². The van der Waals surface area contributed by atoms with Crippen molar-refractivity contribution in [3.05, 3.63) is 80.1 Å². The van der Waals surface area contributed by atoms with Crippen LogP contribution in [0, 0.1) is 19.9 Å². The Morgan fingerprint density at radius 3 is 2.60 bits per heavy atom. The summed E-state index contributed by atoms with van der Waals surface area (Å²) in [5.74, 6) is 0. The van der Waals surface area contributed by atoms with E-state index < -0.39 is 0 Å². The van der Waals surface area contributed by atoms with E-state index in [-0.39, 0.29) is 11.2 Å². The quantitative estimate of drug-likeness (QED) is 0.481. The molecule has 30 heavy (non-hydrogen) atoms. The number of benzene rings is 2. The van der Waals surface area contributed by atoms with E-state index in [0.717, 1.165) is 53.9 Å². The number of hydrogen-bond acceptors (Lipinski definition) is 4. The minimum Gasteiger partial charge on any atom is -0.287 e. The van der Waals surface area contributed by atoms with E-state index >= 15 is 0 Å². The molecule has 6 heteroatoms. The van der Waals surface area contributed by atoms with Crippen LogP contribution in [0.3, 0.4) is 0 Å². The Balaban J connectivity index is 1.73. The minimum absolute atomic E-state index is 0.196. The zero-order valence-corrected chi connectivity index (χ0v) is 18.1. The second-order valence-corrected chi connectivity index (χ2v) is 9.04. The number of aromatic nitrogens is 3. The van der Waals surface area contributed by atoms with E-state index in [1.165, 1.54) is 27.2 Å². The third-order valence-corrected chi connectivity index (χ3v) is 6.92. The molecule has 0 saturated heterocycles. The molecule has 4 aromatic rings. The predicted molar refractivity (Wildman–Crippen MR) is 122 cm³/mol. The molecule has 1 radical (unpaired) electrons. The summed E-state index contributed by atoms with van der Waals surface area (Å²) in [4.78, 5) is 26.8. The maximum atomic E-state index is 13.6. The van der Waals surface area contributed by atoms with Gasteiger partial charge in [-0.15, -0.1) is 0 Å². The zero-order valence-electron chi connectivity index (χ0n) is 17.3. The Kier molecular flexibility index (Phi) is 4.82. The smallest absolute Gasteiger partial charge is 0.287 e. The SMILES string of the molecule is Cc1cc(C)c2c(Cn3c(=O)n([C]4CCCCC4)c(=O)c4ccccc43)nsc2c1. The Bertz CT molecular complexity index is 1370. The van der Waals surface area contributed by atoms with Crippen LogP contribution in [0.1, 0.15) is 48.9 Å². The summed E-state index contributed by atoms with van der Waals surface area (Å²) in [7, 11) is 0. The fourth-order valence-corrected chi connectivity index (χ4v) is 5.68. The van der Waals surface area contributed by atoms with Crippen molar-refractivity contribution in [2.75, 3.05) is 0 Å². The van der Waals surface area contributed by atoms with Crippen LogP contribution in [0.5, 0.6) is 0 Å². The highest BCUT2D eigenvalue weighted by molar-refractivity contribution is 7.13. The molecule has 153 valence electrons. The highest BCUT2D eigenvalue weighted by Crippen LogP contribution is 2.29. The third-order valence-electron chi connectivity index (χ3n) is 6.09. The van der Waals surface area contributed by atoms with Crippen molar-refractivity contribution in [2.45, 2.75) is 52.5 Å². The summed E-state index contributed by atoms with van der Waals surface area (Å²) >= 11 is 1.47. The summed E-state index contributed by atoms with van der Waals surface area (Å²) in [6.07, 6.45) is 4.84. The van der Waals surface area contributed by atoms with Crippen LogP contribution in [-0.2, 0) is 6.54 Å². The molecule has 0 amide bonds. The van der Waals surface area contributed by atoms with E-state index in [1.54, 1.807) is 4.57 Å². The van der Waals surface area contributed by atoms with E-state index in [0.29, 0.717) is 17.4 Å². The van der Waals surface area contributed by atoms with Gasteiger partial charge in [0.2, 0.25) is 0 Å². The predicted octanol–water partition coefficient (Wildman–Crippen LogP) is 4.78. The number of aryl methyl sites for hydroxylation is 2. The summed E-state index contributed by atoms with van der Waals surface area (Å²) in [6.45, 7) is 4.53. The monoisotopic (exact) mass is 418 g/mol. The summed E-state index contributed by atoms with van der Waals surface area (Å²) in [5.41, 5.74) is 3.49. The van der Waals surface area contributed by atoms with Gasteiger partial charge in [0.05, 0.1) is 33.9 Å². The normalized spacial score (nSPS) is 15.3. The van der Waals surface area contributed by atoms with Gasteiger partial charge in [-0.2, -0.15) is 4.37 Å². The maximum absolute atomic E-state index is 13.6. The average molecular weight is 419 g/mol. The second kappa shape index (κ2) is 7.51. The summed E-state index contributed by atoms with van der Waals surface area (Å²) < 4.78 is 8.99. The lowest BCUT2D eigenvalue weighted by molar-refractivity contribution is 0.466. The average Bonchev–Trinajstić information content (AvgIpc) is 3.15. The zero-order chi connectivity index (χ0) is 20.8. The van der Waals surface area contributed by atoms with Gasteiger partial charge in [-0.25, -0.2) is 4.79 Å². The number of para-hydroxylation sites is 1. The lowest BCUT2D eigenvalue weighted by atomic mass is 9.95. The van der Waals surface area contributed by atoms with Gasteiger partial charge in [0.25, 0.3) is 5.56 Å². The molecule has 5 nitrogen and oxygen atoms in total. The Morgan fingerprint density at radius 1 is 1.03 bits per heavy atom. The van der Waals surface area contributed by atoms with E-state index in [4.69, 9.17) is 4.37 Å². The number of nitrogens with zero attached hydrogens (tertiary/aromatic N) is 3. The first-order chi connectivity index (χ1) is 14.5. The van der Waals surface area contributed by atoms with Crippen molar-refractivity contribution in [3.8, 4) is 0 Å². The van der Waals surface area contributed by atoms with Gasteiger partial charge < -0.3 is 0 Å². The van der Waals surface area contributed by atoms with Crippen LogP contribution in [0.15, 0.2) is 46.0 Å². The third kappa shape index (κ3) is 3.10. The summed E-state index contributed by atoms with van der Waals surface area (Å²) in [5, 5.41) is 1.70. The second-order valence-electron chi connectivity index (χ2n) is 8.24. The van der Waals surface area contributed by atoms with Crippen LogP contribution >= 0.6 is 11.5 Å². The maximum Gasteiger partial charge on any atom is 0.332 e. The Morgan fingerprint density at radius 2 is 1.80 bits per heavy atom. The molecular weight excluding hydrogens is 394 g/mol. The highest BCUT2D eigenvalue weighted by Gasteiger charge is 2.23. The lowest BCUT2D eigenvalue weighted by Gasteiger charge is -2.23. The fraction of sp³-hybridized carbons (Fsp3) is 0.333. The first-order valence-corrected chi connectivity index (χ1v) is 11.3. The van der Waals surface area contributed by atoms with Crippen LogP contribution in [-0.4, -0.2) is 13.5 Å². The molecule has 1 fully saturated rings.